The number of rotatable bonds is 5. The summed E-state index contributed by atoms with van der Waals surface area (Å²) in [6.45, 7) is -0.207. The fraction of sp³-hybridized carbons (Fsp3) is 0.222. The van der Waals surface area contributed by atoms with Gasteiger partial charge in [0.15, 0.2) is 6.61 Å². The van der Waals surface area contributed by atoms with Crippen molar-refractivity contribution in [3.63, 3.8) is 0 Å². The highest BCUT2D eigenvalue weighted by Gasteiger charge is 2.23. The second-order valence-electron chi connectivity index (χ2n) is 5.55. The molecule has 3 rings (SSSR count). The summed E-state index contributed by atoms with van der Waals surface area (Å²) < 4.78 is 5.23. The summed E-state index contributed by atoms with van der Waals surface area (Å²) >= 11 is 0. The molecular formula is C18H18N2O3. The summed E-state index contributed by atoms with van der Waals surface area (Å²) in [5, 5.41) is 3.06. The van der Waals surface area contributed by atoms with Crippen LogP contribution in [0.2, 0.25) is 0 Å². The van der Waals surface area contributed by atoms with E-state index in [1.807, 2.05) is 12.1 Å². The third kappa shape index (κ3) is 3.51. The van der Waals surface area contributed by atoms with Gasteiger partial charge >= 0.3 is 0 Å². The number of amides is 2. The number of carbonyl (C=O) groups excluding carboxylic acids is 2. The normalized spacial score (nSPS) is 15.7. The van der Waals surface area contributed by atoms with Crippen LogP contribution in [0.25, 0.3) is 0 Å². The van der Waals surface area contributed by atoms with Gasteiger partial charge in [-0.1, -0.05) is 30.3 Å². The van der Waals surface area contributed by atoms with E-state index in [1.54, 1.807) is 24.3 Å². The maximum atomic E-state index is 12.4. The van der Waals surface area contributed by atoms with Crippen LogP contribution in [0.1, 0.15) is 33.9 Å². The second-order valence-corrected chi connectivity index (χ2v) is 5.55. The maximum absolute atomic E-state index is 12.4. The molecule has 3 N–H and O–H groups in total. The first-order chi connectivity index (χ1) is 11.1. The Morgan fingerprint density at radius 3 is 2.83 bits per heavy atom. The van der Waals surface area contributed by atoms with Crippen molar-refractivity contribution in [3.05, 3.63) is 65.2 Å². The molecular weight excluding hydrogens is 292 g/mol. The van der Waals surface area contributed by atoms with E-state index >= 15 is 0 Å². The van der Waals surface area contributed by atoms with Crippen LogP contribution in [0.5, 0.6) is 5.75 Å². The van der Waals surface area contributed by atoms with Crippen molar-refractivity contribution in [1.29, 1.82) is 0 Å². The third-order valence-corrected chi connectivity index (χ3v) is 3.92. The van der Waals surface area contributed by atoms with E-state index in [2.05, 4.69) is 17.4 Å². The summed E-state index contributed by atoms with van der Waals surface area (Å²) in [6, 6.07) is 14.9. The van der Waals surface area contributed by atoms with Gasteiger partial charge in [0.25, 0.3) is 11.8 Å². The zero-order chi connectivity index (χ0) is 16.2. The number of ether oxygens (including phenoxy) is 1. The summed E-state index contributed by atoms with van der Waals surface area (Å²) in [6.07, 6.45) is 1.88. The number of fused-ring (bicyclic) bond motifs is 1. The quantitative estimate of drug-likeness (QED) is 0.886. The van der Waals surface area contributed by atoms with Crippen LogP contribution >= 0.6 is 0 Å². The number of nitrogens with one attached hydrogen (secondary N) is 1. The van der Waals surface area contributed by atoms with E-state index in [0.717, 1.165) is 12.8 Å². The number of carbonyl (C=O) groups is 2. The number of hydrogen-bond donors (Lipinski definition) is 2. The van der Waals surface area contributed by atoms with Crippen LogP contribution in [-0.2, 0) is 11.2 Å². The lowest BCUT2D eigenvalue weighted by Gasteiger charge is -2.14. The summed E-state index contributed by atoms with van der Waals surface area (Å²) in [5.74, 6) is -0.262. The van der Waals surface area contributed by atoms with Gasteiger partial charge in [0.05, 0.1) is 6.04 Å². The lowest BCUT2D eigenvalue weighted by Crippen LogP contribution is -2.27. The smallest absolute Gasteiger partial charge is 0.255 e. The number of primary amides is 1. The highest BCUT2D eigenvalue weighted by Crippen LogP contribution is 2.31. The van der Waals surface area contributed by atoms with E-state index in [1.165, 1.54) is 11.1 Å². The molecule has 0 aromatic heterocycles. The molecule has 0 aliphatic heterocycles. The summed E-state index contributed by atoms with van der Waals surface area (Å²) in [4.78, 5) is 23.2. The molecule has 0 saturated heterocycles. The molecule has 118 valence electrons. The molecule has 2 aromatic rings. The molecule has 5 heteroatoms. The topological polar surface area (TPSA) is 81.4 Å². The molecule has 0 spiro atoms. The lowest BCUT2D eigenvalue weighted by molar-refractivity contribution is -0.119. The first-order valence-electron chi connectivity index (χ1n) is 7.53. The maximum Gasteiger partial charge on any atom is 0.255 e. The summed E-state index contributed by atoms with van der Waals surface area (Å²) in [5.41, 5.74) is 8.02. The van der Waals surface area contributed by atoms with Crippen LogP contribution in [0.15, 0.2) is 48.5 Å². The average molecular weight is 310 g/mol. The first kappa shape index (κ1) is 15.1. The minimum absolute atomic E-state index is 0.0360. The SMILES string of the molecule is NC(=O)COc1cccc(C(=O)NC2CCc3ccccc32)c1. The molecule has 1 aliphatic carbocycles. The fourth-order valence-electron chi connectivity index (χ4n) is 2.83. The minimum atomic E-state index is -0.553. The Kier molecular flexibility index (Phi) is 4.28. The molecule has 2 amide bonds. The van der Waals surface area contributed by atoms with Crippen LogP contribution in [-0.4, -0.2) is 18.4 Å². The molecule has 23 heavy (non-hydrogen) atoms. The number of hydrogen-bond acceptors (Lipinski definition) is 3. The molecule has 1 atom stereocenters. The zero-order valence-electron chi connectivity index (χ0n) is 12.6. The Hall–Kier alpha value is -2.82. The number of aryl methyl sites for hydroxylation is 1. The number of nitrogens with two attached hydrogens (primary N) is 1. The van der Waals surface area contributed by atoms with E-state index < -0.39 is 5.91 Å². The highest BCUT2D eigenvalue weighted by molar-refractivity contribution is 5.95. The Labute approximate surface area is 134 Å². The highest BCUT2D eigenvalue weighted by atomic mass is 16.5. The number of benzene rings is 2. The Morgan fingerprint density at radius 1 is 1.17 bits per heavy atom. The van der Waals surface area contributed by atoms with Crippen molar-refractivity contribution >= 4 is 11.8 Å². The van der Waals surface area contributed by atoms with Crippen LogP contribution in [0, 0.1) is 0 Å². The average Bonchev–Trinajstić information content (AvgIpc) is 2.96. The van der Waals surface area contributed by atoms with Gasteiger partial charge in [-0.25, -0.2) is 0 Å². The molecule has 5 nitrogen and oxygen atoms in total. The monoisotopic (exact) mass is 310 g/mol. The van der Waals surface area contributed by atoms with Gasteiger partial charge in [-0.3, -0.25) is 9.59 Å². The van der Waals surface area contributed by atoms with Crippen molar-refractivity contribution in [2.24, 2.45) is 5.73 Å². The molecule has 0 fully saturated rings. The van der Waals surface area contributed by atoms with Crippen molar-refractivity contribution in [2.45, 2.75) is 18.9 Å². The van der Waals surface area contributed by atoms with E-state index in [-0.39, 0.29) is 18.6 Å². The van der Waals surface area contributed by atoms with Gasteiger partial charge in [0.2, 0.25) is 0 Å². The van der Waals surface area contributed by atoms with Crippen LogP contribution < -0.4 is 15.8 Å². The van der Waals surface area contributed by atoms with Gasteiger partial charge in [-0.15, -0.1) is 0 Å². The molecule has 0 bridgehead atoms. The first-order valence-corrected chi connectivity index (χ1v) is 7.53. The molecule has 0 saturated carbocycles. The molecule has 0 radical (unpaired) electrons. The standard InChI is InChI=1S/C18H18N2O3/c19-17(21)11-23-14-6-3-5-13(10-14)18(22)20-16-9-8-12-4-1-2-7-15(12)16/h1-7,10,16H,8-9,11H2,(H2,19,21)(H,20,22). The van der Waals surface area contributed by atoms with Crippen LogP contribution in [0.3, 0.4) is 0 Å². The zero-order valence-corrected chi connectivity index (χ0v) is 12.6. The third-order valence-electron chi connectivity index (χ3n) is 3.92. The Morgan fingerprint density at radius 2 is 2.00 bits per heavy atom. The van der Waals surface area contributed by atoms with Crippen molar-refractivity contribution < 1.29 is 14.3 Å². The molecule has 0 heterocycles. The summed E-state index contributed by atoms with van der Waals surface area (Å²) in [7, 11) is 0. The van der Waals surface area contributed by atoms with Crippen molar-refractivity contribution in [1.82, 2.24) is 5.32 Å². The largest absolute Gasteiger partial charge is 0.484 e. The van der Waals surface area contributed by atoms with E-state index in [4.69, 9.17) is 10.5 Å². The van der Waals surface area contributed by atoms with Gasteiger partial charge < -0.3 is 15.8 Å². The van der Waals surface area contributed by atoms with Gasteiger partial charge in [-0.2, -0.15) is 0 Å². The second kappa shape index (κ2) is 6.52. The Balaban J connectivity index is 1.69. The van der Waals surface area contributed by atoms with Gasteiger partial charge in [0, 0.05) is 5.56 Å². The lowest BCUT2D eigenvalue weighted by atomic mass is 10.1. The predicted octanol–water partition coefficient (Wildman–Crippen LogP) is 1.97. The molecule has 2 aromatic carbocycles. The molecule has 1 aliphatic rings. The van der Waals surface area contributed by atoms with E-state index in [0.29, 0.717) is 11.3 Å². The van der Waals surface area contributed by atoms with Crippen molar-refractivity contribution in [2.75, 3.05) is 6.61 Å². The Bertz CT molecular complexity index is 743. The van der Waals surface area contributed by atoms with E-state index in [9.17, 15) is 9.59 Å². The fourth-order valence-corrected chi connectivity index (χ4v) is 2.83. The van der Waals surface area contributed by atoms with Gasteiger partial charge in [-0.05, 0) is 42.2 Å². The predicted molar refractivity (Wildman–Crippen MR) is 86.1 cm³/mol. The van der Waals surface area contributed by atoms with Crippen LogP contribution in [0.4, 0.5) is 0 Å². The van der Waals surface area contributed by atoms with Crippen molar-refractivity contribution in [3.8, 4) is 5.75 Å². The van der Waals surface area contributed by atoms with Gasteiger partial charge in [0.1, 0.15) is 5.75 Å². The minimum Gasteiger partial charge on any atom is -0.484 e. The molecule has 1 unspecified atom stereocenters.